The molecule has 0 aliphatic carbocycles. The van der Waals surface area contributed by atoms with Gasteiger partial charge in [-0.1, -0.05) is 38.1 Å². The van der Waals surface area contributed by atoms with E-state index in [1.54, 1.807) is 6.07 Å². The molecular weight excluding hydrogens is 468 g/mol. The van der Waals surface area contributed by atoms with Crippen molar-refractivity contribution in [2.24, 2.45) is 5.92 Å². The van der Waals surface area contributed by atoms with Crippen LogP contribution in [0.2, 0.25) is 0 Å². The summed E-state index contributed by atoms with van der Waals surface area (Å²) in [7, 11) is -3.75. The van der Waals surface area contributed by atoms with Gasteiger partial charge in [0.15, 0.2) is 0 Å². The Labute approximate surface area is 204 Å². The summed E-state index contributed by atoms with van der Waals surface area (Å²) in [5.74, 6) is -0.788. The zero-order chi connectivity index (χ0) is 25.0. The van der Waals surface area contributed by atoms with Crippen LogP contribution in [-0.4, -0.2) is 61.9 Å². The third-order valence-corrected chi connectivity index (χ3v) is 7.68. The van der Waals surface area contributed by atoms with E-state index in [4.69, 9.17) is 4.74 Å². The topological polar surface area (TPSA) is 118 Å². The highest BCUT2D eigenvalue weighted by Crippen LogP contribution is 2.19. The number of anilines is 1. The Kier molecular flexibility index (Phi) is 7.44. The SMILES string of the molecule is CC(C)[C@H](NC(=O)c1cccc(S(=O)(=O)N2CCOCC2)c1)C(=O)Nc1ccc2ccccc2n1. The number of amides is 2. The Morgan fingerprint density at radius 2 is 1.74 bits per heavy atom. The molecule has 1 aliphatic rings. The van der Waals surface area contributed by atoms with Gasteiger partial charge in [0, 0.05) is 24.0 Å². The van der Waals surface area contributed by atoms with Crippen LogP contribution in [0.3, 0.4) is 0 Å². The summed E-state index contributed by atoms with van der Waals surface area (Å²) in [4.78, 5) is 30.5. The molecule has 2 aromatic carbocycles. The minimum absolute atomic E-state index is 0.0259. The van der Waals surface area contributed by atoms with E-state index >= 15 is 0 Å². The number of morpholine rings is 1. The molecule has 1 saturated heterocycles. The molecule has 0 saturated carbocycles. The minimum atomic E-state index is -3.75. The van der Waals surface area contributed by atoms with E-state index in [2.05, 4.69) is 15.6 Å². The van der Waals surface area contributed by atoms with E-state index in [0.29, 0.717) is 19.0 Å². The summed E-state index contributed by atoms with van der Waals surface area (Å²) in [6.07, 6.45) is 0. The van der Waals surface area contributed by atoms with Crippen molar-refractivity contribution in [1.29, 1.82) is 0 Å². The van der Waals surface area contributed by atoms with Crippen molar-refractivity contribution in [1.82, 2.24) is 14.6 Å². The van der Waals surface area contributed by atoms with Gasteiger partial charge in [0.2, 0.25) is 15.9 Å². The van der Waals surface area contributed by atoms with E-state index in [0.717, 1.165) is 10.9 Å². The summed E-state index contributed by atoms with van der Waals surface area (Å²) < 4.78 is 32.5. The predicted octanol–water partition coefficient (Wildman–Crippen LogP) is 2.65. The quantitative estimate of drug-likeness (QED) is 0.519. The van der Waals surface area contributed by atoms with Gasteiger partial charge in [-0.05, 0) is 42.3 Å². The second-order valence-electron chi connectivity index (χ2n) is 8.62. The van der Waals surface area contributed by atoms with Gasteiger partial charge < -0.3 is 15.4 Å². The van der Waals surface area contributed by atoms with Crippen LogP contribution >= 0.6 is 0 Å². The molecule has 10 heteroatoms. The lowest BCUT2D eigenvalue weighted by Crippen LogP contribution is -2.47. The van der Waals surface area contributed by atoms with Crippen LogP contribution in [0.5, 0.6) is 0 Å². The summed E-state index contributed by atoms with van der Waals surface area (Å²) in [5, 5.41) is 6.46. The lowest BCUT2D eigenvalue weighted by atomic mass is 10.0. The van der Waals surface area contributed by atoms with Crippen LogP contribution in [0.15, 0.2) is 65.6 Å². The van der Waals surface area contributed by atoms with Crippen LogP contribution < -0.4 is 10.6 Å². The van der Waals surface area contributed by atoms with Gasteiger partial charge in [0.1, 0.15) is 11.9 Å². The van der Waals surface area contributed by atoms with Gasteiger partial charge in [-0.15, -0.1) is 0 Å². The molecule has 0 unspecified atom stereocenters. The molecule has 2 heterocycles. The number of nitrogens with one attached hydrogen (secondary N) is 2. The summed E-state index contributed by atoms with van der Waals surface area (Å²) in [6, 6.07) is 16.1. The minimum Gasteiger partial charge on any atom is -0.379 e. The predicted molar refractivity (Wildman–Crippen MR) is 132 cm³/mol. The number of ether oxygens (including phenoxy) is 1. The Hall–Kier alpha value is -3.34. The standard InChI is InChI=1S/C25H28N4O5S/c1-17(2)23(25(31)27-22-11-10-18-6-3-4-9-21(18)26-22)28-24(30)19-7-5-8-20(16-19)35(32,33)29-12-14-34-15-13-29/h3-11,16-17,23H,12-15H2,1-2H3,(H,28,30)(H,26,27,31)/t23-/m0/s1. The number of rotatable bonds is 7. The first kappa shape index (κ1) is 24.8. The van der Waals surface area contributed by atoms with E-state index in [-0.39, 0.29) is 29.5 Å². The number of carbonyl (C=O) groups is 2. The Morgan fingerprint density at radius 3 is 2.49 bits per heavy atom. The molecular formula is C25H28N4O5S. The monoisotopic (exact) mass is 496 g/mol. The normalized spacial score (nSPS) is 15.6. The largest absolute Gasteiger partial charge is 0.379 e. The van der Waals surface area contributed by atoms with Gasteiger partial charge in [-0.3, -0.25) is 9.59 Å². The molecule has 35 heavy (non-hydrogen) atoms. The number of hydrogen-bond acceptors (Lipinski definition) is 6. The lowest BCUT2D eigenvalue weighted by molar-refractivity contribution is -0.118. The maximum Gasteiger partial charge on any atom is 0.251 e. The molecule has 1 aromatic heterocycles. The average Bonchev–Trinajstić information content (AvgIpc) is 2.87. The number of carbonyl (C=O) groups excluding carboxylic acids is 2. The maximum atomic E-state index is 13.0. The fraction of sp³-hybridized carbons (Fsp3) is 0.320. The van der Waals surface area contributed by atoms with Crippen molar-refractivity contribution in [3.63, 3.8) is 0 Å². The summed E-state index contributed by atoms with van der Waals surface area (Å²) >= 11 is 0. The van der Waals surface area contributed by atoms with E-state index < -0.39 is 27.9 Å². The lowest BCUT2D eigenvalue weighted by Gasteiger charge is -2.26. The number of para-hydroxylation sites is 1. The average molecular weight is 497 g/mol. The first-order valence-electron chi connectivity index (χ1n) is 11.4. The van der Waals surface area contributed by atoms with E-state index in [9.17, 15) is 18.0 Å². The molecule has 1 aliphatic heterocycles. The molecule has 3 aromatic rings. The Morgan fingerprint density at radius 1 is 1.00 bits per heavy atom. The van der Waals surface area contributed by atoms with Crippen molar-refractivity contribution < 1.29 is 22.7 Å². The fourth-order valence-electron chi connectivity index (χ4n) is 3.83. The number of aromatic nitrogens is 1. The van der Waals surface area contributed by atoms with Gasteiger partial charge in [-0.25, -0.2) is 13.4 Å². The highest BCUT2D eigenvalue weighted by molar-refractivity contribution is 7.89. The molecule has 1 atom stereocenters. The number of sulfonamides is 1. The van der Waals surface area contributed by atoms with Crippen molar-refractivity contribution in [3.8, 4) is 0 Å². The Bertz CT molecular complexity index is 1340. The van der Waals surface area contributed by atoms with E-state index in [1.165, 1.54) is 28.6 Å². The fourth-order valence-corrected chi connectivity index (χ4v) is 5.29. The number of nitrogens with zero attached hydrogens (tertiary/aromatic N) is 2. The Balaban J connectivity index is 1.49. The maximum absolute atomic E-state index is 13.0. The summed E-state index contributed by atoms with van der Waals surface area (Å²) in [5.41, 5.74) is 0.898. The molecule has 184 valence electrons. The number of hydrogen-bond donors (Lipinski definition) is 2. The third kappa shape index (κ3) is 5.67. The van der Waals surface area contributed by atoms with Crippen molar-refractivity contribution in [2.45, 2.75) is 24.8 Å². The first-order chi connectivity index (χ1) is 16.8. The molecule has 2 N–H and O–H groups in total. The zero-order valence-corrected chi connectivity index (χ0v) is 20.4. The van der Waals surface area contributed by atoms with Crippen LogP contribution in [0, 0.1) is 5.92 Å². The molecule has 2 amide bonds. The molecule has 9 nitrogen and oxygen atoms in total. The van der Waals surface area contributed by atoms with Crippen molar-refractivity contribution in [2.75, 3.05) is 31.6 Å². The zero-order valence-electron chi connectivity index (χ0n) is 19.6. The van der Waals surface area contributed by atoms with Gasteiger partial charge in [0.25, 0.3) is 5.91 Å². The molecule has 0 spiro atoms. The van der Waals surface area contributed by atoms with Crippen LogP contribution in [0.4, 0.5) is 5.82 Å². The molecule has 0 radical (unpaired) electrons. The highest BCUT2D eigenvalue weighted by atomic mass is 32.2. The molecule has 4 rings (SSSR count). The highest BCUT2D eigenvalue weighted by Gasteiger charge is 2.28. The van der Waals surface area contributed by atoms with Crippen molar-refractivity contribution in [3.05, 3.63) is 66.2 Å². The third-order valence-electron chi connectivity index (χ3n) is 5.79. The van der Waals surface area contributed by atoms with Crippen molar-refractivity contribution >= 4 is 38.6 Å². The van der Waals surface area contributed by atoms with Crippen LogP contribution in [0.1, 0.15) is 24.2 Å². The second kappa shape index (κ2) is 10.5. The van der Waals surface area contributed by atoms with Crippen LogP contribution in [-0.2, 0) is 19.6 Å². The smallest absolute Gasteiger partial charge is 0.251 e. The van der Waals surface area contributed by atoms with E-state index in [1.807, 2.05) is 44.2 Å². The van der Waals surface area contributed by atoms with Gasteiger partial charge in [0.05, 0.1) is 23.6 Å². The number of benzene rings is 2. The van der Waals surface area contributed by atoms with Gasteiger partial charge in [-0.2, -0.15) is 4.31 Å². The first-order valence-corrected chi connectivity index (χ1v) is 12.9. The molecule has 0 bridgehead atoms. The van der Waals surface area contributed by atoms with Gasteiger partial charge >= 0.3 is 0 Å². The number of fused-ring (bicyclic) bond motifs is 1. The second-order valence-corrected chi connectivity index (χ2v) is 10.6. The van der Waals surface area contributed by atoms with Crippen LogP contribution in [0.25, 0.3) is 10.9 Å². The molecule has 1 fully saturated rings. The summed E-state index contributed by atoms with van der Waals surface area (Å²) in [6.45, 7) is 4.82. The number of pyridine rings is 1.